The highest BCUT2D eigenvalue weighted by atomic mass is 16.4. The molecular weight excluding hydrogens is 346 g/mol. The van der Waals surface area contributed by atoms with Crippen LogP contribution in [0.3, 0.4) is 0 Å². The fourth-order valence-corrected chi connectivity index (χ4v) is 1.77. The van der Waals surface area contributed by atoms with Gasteiger partial charge in [0.15, 0.2) is 5.96 Å². The number of rotatable bonds is 7. The monoisotopic (exact) mass is 365 g/mol. The summed E-state index contributed by atoms with van der Waals surface area (Å²) in [5, 5.41) is 18.3. The van der Waals surface area contributed by atoms with Gasteiger partial charge in [0, 0.05) is 18.3 Å². The number of carbonyl (C=O) groups is 4. The fourth-order valence-electron chi connectivity index (χ4n) is 1.77. The first kappa shape index (κ1) is 20.4. The largest absolute Gasteiger partial charge is 0.481 e. The van der Waals surface area contributed by atoms with Gasteiger partial charge < -0.3 is 21.9 Å². The smallest absolute Gasteiger partial charge is 0.338 e. The molecule has 0 radical (unpaired) electrons. The molecule has 9 N–H and O–H groups in total. The number of carboxylic acids is 1. The number of nitrogens with two attached hydrogens (primary N) is 2. The van der Waals surface area contributed by atoms with E-state index in [1.54, 1.807) is 0 Å². The maximum atomic E-state index is 12.2. The van der Waals surface area contributed by atoms with Crippen LogP contribution in [-0.4, -0.2) is 52.9 Å². The lowest BCUT2D eigenvalue weighted by Gasteiger charge is -2.19. The van der Waals surface area contributed by atoms with Crippen LogP contribution in [0, 0.1) is 5.41 Å². The first-order valence-corrected chi connectivity index (χ1v) is 7.17. The van der Waals surface area contributed by atoms with Crippen LogP contribution in [0.25, 0.3) is 0 Å². The molecule has 12 heteroatoms. The number of hydrazine groups is 1. The molecule has 0 saturated heterocycles. The van der Waals surface area contributed by atoms with Crippen LogP contribution < -0.4 is 27.6 Å². The second-order valence-electron chi connectivity index (χ2n) is 5.11. The summed E-state index contributed by atoms with van der Waals surface area (Å²) >= 11 is 0. The Balaban J connectivity index is 2.69. The van der Waals surface area contributed by atoms with Gasteiger partial charge in [0.1, 0.15) is 6.04 Å². The number of benzene rings is 1. The average molecular weight is 365 g/mol. The van der Waals surface area contributed by atoms with Crippen molar-refractivity contribution in [3.63, 3.8) is 0 Å². The standard InChI is InChI=1S/C14H19N7O5/c1-21(14(26)20-19-9(11(15)24)6-10(22)23)12(25)7-2-4-8(5-3-7)18-13(16)17/h2-5,9,19H,6H2,1H3,(H2,15,24)(H,20,26)(H,22,23)(H4,16,17,18)/t9-/m0/s1. The summed E-state index contributed by atoms with van der Waals surface area (Å²) in [7, 11) is 1.19. The number of amides is 4. The van der Waals surface area contributed by atoms with Gasteiger partial charge in [0.05, 0.1) is 6.42 Å². The molecule has 0 unspecified atom stereocenters. The highest BCUT2D eigenvalue weighted by Crippen LogP contribution is 2.11. The quantitative estimate of drug-likeness (QED) is 0.173. The zero-order chi connectivity index (χ0) is 19.9. The van der Waals surface area contributed by atoms with E-state index in [0.717, 1.165) is 4.90 Å². The lowest BCUT2D eigenvalue weighted by Crippen LogP contribution is -2.54. The Labute approximate surface area is 148 Å². The number of urea groups is 1. The molecule has 0 saturated carbocycles. The third-order valence-corrected chi connectivity index (χ3v) is 3.10. The van der Waals surface area contributed by atoms with Gasteiger partial charge in [-0.05, 0) is 24.3 Å². The minimum absolute atomic E-state index is 0.175. The molecule has 0 spiro atoms. The second-order valence-corrected chi connectivity index (χ2v) is 5.11. The van der Waals surface area contributed by atoms with E-state index in [2.05, 4.69) is 16.2 Å². The van der Waals surface area contributed by atoms with E-state index in [-0.39, 0.29) is 11.5 Å². The fraction of sp³-hybridized carbons (Fsp3) is 0.214. The van der Waals surface area contributed by atoms with Gasteiger partial charge in [-0.2, -0.15) is 0 Å². The molecule has 0 aliphatic carbocycles. The zero-order valence-corrected chi connectivity index (χ0v) is 13.8. The van der Waals surface area contributed by atoms with Crippen LogP contribution in [0.2, 0.25) is 0 Å². The number of carbonyl (C=O) groups excluding carboxylic acids is 3. The van der Waals surface area contributed by atoms with Gasteiger partial charge in [0.25, 0.3) is 5.91 Å². The van der Waals surface area contributed by atoms with Crippen LogP contribution in [0.1, 0.15) is 16.8 Å². The van der Waals surface area contributed by atoms with Gasteiger partial charge in [-0.15, -0.1) is 0 Å². The molecule has 4 amide bonds. The summed E-state index contributed by atoms with van der Waals surface area (Å²) in [4.78, 5) is 46.7. The minimum atomic E-state index is -1.34. The van der Waals surface area contributed by atoms with E-state index >= 15 is 0 Å². The summed E-state index contributed by atoms with van der Waals surface area (Å²) in [5.74, 6) is -3.20. The first-order valence-electron chi connectivity index (χ1n) is 7.17. The predicted octanol–water partition coefficient (Wildman–Crippen LogP) is -1.39. The SMILES string of the molecule is CN(C(=O)NN[C@@H](CC(=O)O)C(N)=O)C(=O)c1ccc(NC(=N)N)cc1. The molecule has 0 aromatic heterocycles. The Kier molecular flexibility index (Phi) is 7.04. The number of hydrogen-bond acceptors (Lipinski definition) is 6. The zero-order valence-electron chi connectivity index (χ0n) is 13.8. The molecule has 0 bridgehead atoms. The predicted molar refractivity (Wildman–Crippen MR) is 91.0 cm³/mol. The van der Waals surface area contributed by atoms with Gasteiger partial charge in [0.2, 0.25) is 5.91 Å². The van der Waals surface area contributed by atoms with Crippen LogP contribution in [-0.2, 0) is 9.59 Å². The summed E-state index contributed by atoms with van der Waals surface area (Å²) < 4.78 is 0. The molecule has 0 aliphatic heterocycles. The molecule has 12 nitrogen and oxygen atoms in total. The number of primary amides is 1. The number of carboxylic acid groups (broad SMARTS) is 1. The molecule has 1 aromatic rings. The molecule has 1 atom stereocenters. The normalized spacial score (nSPS) is 11.1. The van der Waals surface area contributed by atoms with Gasteiger partial charge in [-0.1, -0.05) is 0 Å². The van der Waals surface area contributed by atoms with Crippen molar-refractivity contribution >= 4 is 35.5 Å². The topological polar surface area (TPSA) is 204 Å². The Morgan fingerprint density at radius 2 is 1.77 bits per heavy atom. The molecule has 0 aliphatic rings. The minimum Gasteiger partial charge on any atom is -0.481 e. The Morgan fingerprint density at radius 1 is 1.19 bits per heavy atom. The van der Waals surface area contributed by atoms with Crippen molar-refractivity contribution in [3.8, 4) is 0 Å². The van der Waals surface area contributed by atoms with E-state index in [1.165, 1.54) is 31.3 Å². The molecular formula is C14H19N7O5. The van der Waals surface area contributed by atoms with Crippen molar-refractivity contribution in [1.82, 2.24) is 15.8 Å². The number of nitrogens with one attached hydrogen (secondary N) is 4. The van der Waals surface area contributed by atoms with Gasteiger partial charge in [-0.3, -0.25) is 30.1 Å². The molecule has 0 heterocycles. The number of hydrogen-bond donors (Lipinski definition) is 7. The highest BCUT2D eigenvalue weighted by Gasteiger charge is 2.22. The van der Waals surface area contributed by atoms with E-state index < -0.39 is 36.3 Å². The van der Waals surface area contributed by atoms with Crippen molar-refractivity contribution in [2.45, 2.75) is 12.5 Å². The van der Waals surface area contributed by atoms with Gasteiger partial charge in [-0.25, -0.2) is 10.2 Å². The van der Waals surface area contributed by atoms with E-state index in [4.69, 9.17) is 22.0 Å². The number of guanidine groups is 1. The Bertz CT molecular complexity index is 719. The molecule has 140 valence electrons. The average Bonchev–Trinajstić information content (AvgIpc) is 2.56. The molecule has 1 aromatic carbocycles. The van der Waals surface area contributed by atoms with Crippen molar-refractivity contribution in [2.75, 3.05) is 12.4 Å². The van der Waals surface area contributed by atoms with E-state index in [9.17, 15) is 19.2 Å². The lowest BCUT2D eigenvalue weighted by molar-refractivity contribution is -0.139. The number of aliphatic carboxylic acids is 1. The van der Waals surface area contributed by atoms with Crippen molar-refractivity contribution < 1.29 is 24.3 Å². The third kappa shape index (κ3) is 6.09. The van der Waals surface area contributed by atoms with Crippen LogP contribution in [0.15, 0.2) is 24.3 Å². The van der Waals surface area contributed by atoms with Crippen molar-refractivity contribution in [2.24, 2.45) is 11.5 Å². The van der Waals surface area contributed by atoms with E-state index in [1.807, 2.05) is 0 Å². The summed E-state index contributed by atoms with van der Waals surface area (Å²) in [5.41, 5.74) is 15.1. The highest BCUT2D eigenvalue weighted by molar-refractivity contribution is 6.04. The maximum absolute atomic E-state index is 12.2. The maximum Gasteiger partial charge on any atom is 0.338 e. The lowest BCUT2D eigenvalue weighted by atomic mass is 10.2. The summed E-state index contributed by atoms with van der Waals surface area (Å²) in [6.07, 6.45) is -0.641. The third-order valence-electron chi connectivity index (χ3n) is 3.10. The van der Waals surface area contributed by atoms with Crippen molar-refractivity contribution in [3.05, 3.63) is 29.8 Å². The number of nitrogens with zero attached hydrogens (tertiary/aromatic N) is 1. The number of anilines is 1. The number of imide groups is 1. The van der Waals surface area contributed by atoms with E-state index in [0.29, 0.717) is 5.69 Å². The Hall–Kier alpha value is -3.67. The van der Waals surface area contributed by atoms with Gasteiger partial charge >= 0.3 is 12.0 Å². The first-order chi connectivity index (χ1) is 12.1. The summed E-state index contributed by atoms with van der Waals surface area (Å²) in [6.45, 7) is 0. The molecule has 1 rings (SSSR count). The van der Waals surface area contributed by atoms with Crippen LogP contribution >= 0.6 is 0 Å². The molecule has 26 heavy (non-hydrogen) atoms. The van der Waals surface area contributed by atoms with Crippen LogP contribution in [0.5, 0.6) is 0 Å². The van der Waals surface area contributed by atoms with Crippen LogP contribution in [0.4, 0.5) is 10.5 Å². The van der Waals surface area contributed by atoms with Crippen molar-refractivity contribution in [1.29, 1.82) is 5.41 Å². The summed E-state index contributed by atoms with van der Waals surface area (Å²) in [6, 6.07) is 3.57. The second kappa shape index (κ2) is 8.98. The Morgan fingerprint density at radius 3 is 2.23 bits per heavy atom. The molecule has 0 fully saturated rings.